The molecule has 7 heteroatoms. The van der Waals surface area contributed by atoms with Crippen LogP contribution in [-0.2, 0) is 0 Å². The number of nitrogen functional groups attached to an aromatic ring is 1. The van der Waals surface area contributed by atoms with Crippen molar-refractivity contribution in [1.29, 1.82) is 0 Å². The van der Waals surface area contributed by atoms with Crippen LogP contribution >= 0.6 is 15.9 Å². The predicted molar refractivity (Wildman–Crippen MR) is 52.1 cm³/mol. The summed E-state index contributed by atoms with van der Waals surface area (Å²) in [5.41, 5.74) is 6.24. The van der Waals surface area contributed by atoms with Crippen molar-refractivity contribution in [3.05, 3.63) is 22.6 Å². The first kappa shape index (κ1) is 8.95. The molecule has 2 rings (SSSR count). The third kappa shape index (κ3) is 1.22. The Hall–Kier alpha value is -1.63. The van der Waals surface area contributed by atoms with Gasteiger partial charge < -0.3 is 10.8 Å². The number of fused-ring (bicyclic) bond motifs is 1. The summed E-state index contributed by atoms with van der Waals surface area (Å²) in [6.07, 6.45) is 2.94. The van der Waals surface area contributed by atoms with E-state index in [1.165, 1.54) is 16.9 Å². The molecule has 6 nitrogen and oxygen atoms in total. The number of carboxylic acids is 1. The fourth-order valence-electron chi connectivity index (χ4n) is 1.06. The van der Waals surface area contributed by atoms with Crippen molar-refractivity contribution in [3.8, 4) is 0 Å². The number of halogens is 1. The highest BCUT2D eigenvalue weighted by Crippen LogP contribution is 2.21. The van der Waals surface area contributed by atoms with Gasteiger partial charge in [0.15, 0.2) is 11.3 Å². The Morgan fingerprint density at radius 1 is 1.64 bits per heavy atom. The molecule has 0 radical (unpaired) electrons. The standard InChI is InChI=1S/C7H5BrN4O2/c8-4-5(7(13)14)11-12-2-3(9)1-10-6(4)12/h1-2H,9H2,(H,13,14). The maximum absolute atomic E-state index is 10.7. The first-order valence-corrected chi connectivity index (χ1v) is 4.41. The van der Waals surface area contributed by atoms with E-state index in [1.54, 1.807) is 0 Å². The lowest BCUT2D eigenvalue weighted by atomic mass is 10.4. The van der Waals surface area contributed by atoms with Crippen LogP contribution in [0.2, 0.25) is 0 Å². The van der Waals surface area contributed by atoms with Crippen molar-refractivity contribution in [2.75, 3.05) is 5.73 Å². The second kappa shape index (κ2) is 2.95. The van der Waals surface area contributed by atoms with Crippen molar-refractivity contribution in [2.45, 2.75) is 0 Å². The van der Waals surface area contributed by atoms with E-state index in [0.29, 0.717) is 15.8 Å². The van der Waals surface area contributed by atoms with Gasteiger partial charge >= 0.3 is 5.97 Å². The van der Waals surface area contributed by atoms with E-state index < -0.39 is 5.97 Å². The molecule has 0 amide bonds. The van der Waals surface area contributed by atoms with Gasteiger partial charge in [0.05, 0.1) is 22.6 Å². The molecule has 0 atom stereocenters. The van der Waals surface area contributed by atoms with Crippen molar-refractivity contribution in [3.63, 3.8) is 0 Å². The van der Waals surface area contributed by atoms with Gasteiger partial charge in [-0.25, -0.2) is 14.3 Å². The Balaban J connectivity index is 2.79. The molecular weight excluding hydrogens is 252 g/mol. The predicted octanol–water partition coefficient (Wildman–Crippen LogP) is 0.772. The molecule has 14 heavy (non-hydrogen) atoms. The zero-order chi connectivity index (χ0) is 10.3. The Labute approximate surface area is 86.5 Å². The molecule has 0 bridgehead atoms. The van der Waals surface area contributed by atoms with Gasteiger partial charge in [0, 0.05) is 0 Å². The number of hydrogen-bond acceptors (Lipinski definition) is 4. The van der Waals surface area contributed by atoms with Gasteiger partial charge in [-0.15, -0.1) is 0 Å². The van der Waals surface area contributed by atoms with Gasteiger partial charge in [-0.3, -0.25) is 0 Å². The number of carbonyl (C=O) groups is 1. The molecule has 72 valence electrons. The first-order valence-electron chi connectivity index (χ1n) is 3.62. The van der Waals surface area contributed by atoms with Gasteiger partial charge in [0.2, 0.25) is 0 Å². The quantitative estimate of drug-likeness (QED) is 0.786. The number of anilines is 1. The molecule has 3 N–H and O–H groups in total. The largest absolute Gasteiger partial charge is 0.476 e. The summed E-state index contributed by atoms with van der Waals surface area (Å²) in [4.78, 5) is 14.7. The molecule has 0 saturated heterocycles. The fourth-order valence-corrected chi connectivity index (χ4v) is 1.59. The smallest absolute Gasteiger partial charge is 0.357 e. The zero-order valence-corrected chi connectivity index (χ0v) is 8.39. The van der Waals surface area contributed by atoms with E-state index in [0.717, 1.165) is 0 Å². The third-order valence-electron chi connectivity index (χ3n) is 1.64. The van der Waals surface area contributed by atoms with Crippen LogP contribution in [0.1, 0.15) is 10.5 Å². The highest BCUT2D eigenvalue weighted by atomic mass is 79.9. The van der Waals surface area contributed by atoms with E-state index in [4.69, 9.17) is 10.8 Å². The van der Waals surface area contributed by atoms with Crippen molar-refractivity contribution in [1.82, 2.24) is 14.6 Å². The SMILES string of the molecule is Nc1cnc2c(Br)c(C(=O)O)nn2c1. The van der Waals surface area contributed by atoms with Crippen LogP contribution in [0.25, 0.3) is 5.65 Å². The van der Waals surface area contributed by atoms with Crippen LogP contribution in [0.5, 0.6) is 0 Å². The lowest BCUT2D eigenvalue weighted by Gasteiger charge is -1.92. The lowest BCUT2D eigenvalue weighted by molar-refractivity contribution is 0.0689. The van der Waals surface area contributed by atoms with Crippen LogP contribution in [0, 0.1) is 0 Å². The zero-order valence-electron chi connectivity index (χ0n) is 6.81. The van der Waals surface area contributed by atoms with Crippen LogP contribution in [-0.4, -0.2) is 25.7 Å². The van der Waals surface area contributed by atoms with Crippen molar-refractivity contribution >= 4 is 33.2 Å². The normalized spacial score (nSPS) is 10.6. The van der Waals surface area contributed by atoms with Crippen molar-refractivity contribution in [2.24, 2.45) is 0 Å². The molecule has 0 aliphatic carbocycles. The average molecular weight is 257 g/mol. The monoisotopic (exact) mass is 256 g/mol. The van der Waals surface area contributed by atoms with Crippen LogP contribution in [0.4, 0.5) is 5.69 Å². The number of rotatable bonds is 1. The first-order chi connectivity index (χ1) is 6.59. The minimum atomic E-state index is -1.11. The van der Waals surface area contributed by atoms with Crippen LogP contribution in [0.3, 0.4) is 0 Å². The minimum Gasteiger partial charge on any atom is -0.476 e. The summed E-state index contributed by atoms with van der Waals surface area (Å²) in [7, 11) is 0. The number of hydrogen-bond donors (Lipinski definition) is 2. The van der Waals surface area contributed by atoms with Gasteiger partial charge in [-0.1, -0.05) is 0 Å². The van der Waals surface area contributed by atoms with Gasteiger partial charge in [-0.05, 0) is 15.9 Å². The molecule has 0 aliphatic rings. The maximum atomic E-state index is 10.7. The number of aromatic nitrogens is 3. The van der Waals surface area contributed by atoms with Crippen molar-refractivity contribution < 1.29 is 9.90 Å². The summed E-state index contributed by atoms with van der Waals surface area (Å²) < 4.78 is 1.67. The van der Waals surface area contributed by atoms with E-state index in [9.17, 15) is 4.79 Å². The molecule has 0 fully saturated rings. The number of nitrogens with two attached hydrogens (primary N) is 1. The Kier molecular flexibility index (Phi) is 1.88. The third-order valence-corrected chi connectivity index (χ3v) is 2.37. The van der Waals surface area contributed by atoms with Gasteiger partial charge in [0.25, 0.3) is 0 Å². The van der Waals surface area contributed by atoms with Crippen LogP contribution < -0.4 is 5.73 Å². The summed E-state index contributed by atoms with van der Waals surface area (Å²) in [6.45, 7) is 0. The fraction of sp³-hybridized carbons (Fsp3) is 0. The van der Waals surface area contributed by atoms with Crippen LogP contribution in [0.15, 0.2) is 16.9 Å². The number of aromatic carboxylic acids is 1. The molecule has 0 spiro atoms. The highest BCUT2D eigenvalue weighted by Gasteiger charge is 2.17. The van der Waals surface area contributed by atoms with E-state index in [2.05, 4.69) is 26.0 Å². The van der Waals surface area contributed by atoms with E-state index in [1.807, 2.05) is 0 Å². The van der Waals surface area contributed by atoms with Gasteiger partial charge in [-0.2, -0.15) is 5.10 Å². The second-order valence-corrected chi connectivity index (χ2v) is 3.42. The maximum Gasteiger partial charge on any atom is 0.357 e. The molecule has 2 aromatic rings. The minimum absolute atomic E-state index is 0.0805. The molecule has 0 aromatic carbocycles. The molecule has 2 heterocycles. The summed E-state index contributed by atoms with van der Waals surface area (Å²) >= 11 is 3.11. The summed E-state index contributed by atoms with van der Waals surface area (Å²) in [6, 6.07) is 0. The molecule has 0 unspecified atom stereocenters. The summed E-state index contributed by atoms with van der Waals surface area (Å²) in [5, 5.41) is 12.6. The second-order valence-electron chi connectivity index (χ2n) is 2.62. The van der Waals surface area contributed by atoms with E-state index in [-0.39, 0.29) is 5.69 Å². The average Bonchev–Trinajstić information content (AvgIpc) is 2.43. The summed E-state index contributed by atoms with van der Waals surface area (Å²) in [5.74, 6) is -1.11. The Morgan fingerprint density at radius 2 is 2.36 bits per heavy atom. The lowest BCUT2D eigenvalue weighted by Crippen LogP contribution is -1.98. The Morgan fingerprint density at radius 3 is 3.00 bits per heavy atom. The van der Waals surface area contributed by atoms with E-state index >= 15 is 0 Å². The number of carboxylic acid groups (broad SMARTS) is 1. The highest BCUT2D eigenvalue weighted by molar-refractivity contribution is 9.10. The number of nitrogens with zero attached hydrogens (tertiary/aromatic N) is 3. The molecule has 0 saturated carbocycles. The molecule has 0 aliphatic heterocycles. The topological polar surface area (TPSA) is 93.5 Å². The molecule has 2 aromatic heterocycles. The van der Waals surface area contributed by atoms with Gasteiger partial charge in [0.1, 0.15) is 0 Å². The Bertz CT molecular complexity index is 522. The molecular formula is C7H5BrN4O2.